The Morgan fingerprint density at radius 1 is 1.08 bits per heavy atom. The van der Waals surface area contributed by atoms with Crippen molar-refractivity contribution >= 4 is 17.6 Å². The highest BCUT2D eigenvalue weighted by molar-refractivity contribution is 6.39. The maximum Gasteiger partial charge on any atom is 0.314 e. The standard InChI is InChI=1S/C17H19N3O4/c1-12-4-3-9-18-15(12)20-17(22)16(21)19-10-11-24-14-7-5-13(23-2)6-8-14/h3-9H,10-11H2,1-2H3,(H,19,21)(H,18,20,22). The Bertz CT molecular complexity index is 701. The number of amides is 2. The van der Waals surface area contributed by atoms with Gasteiger partial charge in [-0.3, -0.25) is 9.59 Å². The van der Waals surface area contributed by atoms with Gasteiger partial charge in [0.1, 0.15) is 23.9 Å². The van der Waals surface area contributed by atoms with Crippen molar-refractivity contribution in [2.24, 2.45) is 0 Å². The summed E-state index contributed by atoms with van der Waals surface area (Å²) in [6, 6.07) is 10.6. The number of aryl methyl sites for hydroxylation is 1. The number of anilines is 1. The second kappa shape index (κ2) is 8.52. The van der Waals surface area contributed by atoms with Crippen molar-refractivity contribution in [1.29, 1.82) is 0 Å². The smallest absolute Gasteiger partial charge is 0.314 e. The molecule has 0 fully saturated rings. The van der Waals surface area contributed by atoms with Crippen LogP contribution >= 0.6 is 0 Å². The van der Waals surface area contributed by atoms with Gasteiger partial charge in [0.2, 0.25) is 0 Å². The average molecular weight is 329 g/mol. The molecule has 0 aliphatic carbocycles. The Labute approximate surface area is 140 Å². The molecule has 0 saturated carbocycles. The lowest BCUT2D eigenvalue weighted by molar-refractivity contribution is -0.136. The van der Waals surface area contributed by atoms with Crippen LogP contribution in [-0.4, -0.2) is 37.1 Å². The van der Waals surface area contributed by atoms with E-state index >= 15 is 0 Å². The molecule has 0 bridgehead atoms. The number of nitrogens with zero attached hydrogens (tertiary/aromatic N) is 1. The number of rotatable bonds is 6. The van der Waals surface area contributed by atoms with E-state index in [0.29, 0.717) is 11.6 Å². The van der Waals surface area contributed by atoms with E-state index in [0.717, 1.165) is 11.3 Å². The van der Waals surface area contributed by atoms with E-state index < -0.39 is 11.8 Å². The van der Waals surface area contributed by atoms with Gasteiger partial charge in [0.15, 0.2) is 0 Å². The summed E-state index contributed by atoms with van der Waals surface area (Å²) >= 11 is 0. The van der Waals surface area contributed by atoms with E-state index in [-0.39, 0.29) is 13.2 Å². The van der Waals surface area contributed by atoms with Crippen LogP contribution in [0.3, 0.4) is 0 Å². The summed E-state index contributed by atoms with van der Waals surface area (Å²) < 4.78 is 10.5. The maximum absolute atomic E-state index is 11.8. The van der Waals surface area contributed by atoms with E-state index in [1.807, 2.05) is 0 Å². The summed E-state index contributed by atoms with van der Waals surface area (Å²) in [5.74, 6) is 0.252. The zero-order valence-electron chi connectivity index (χ0n) is 13.5. The minimum Gasteiger partial charge on any atom is -0.497 e. The van der Waals surface area contributed by atoms with Crippen molar-refractivity contribution in [1.82, 2.24) is 10.3 Å². The van der Waals surface area contributed by atoms with Crippen molar-refractivity contribution in [3.05, 3.63) is 48.2 Å². The molecule has 0 aliphatic rings. The van der Waals surface area contributed by atoms with Crippen LogP contribution < -0.4 is 20.1 Å². The van der Waals surface area contributed by atoms with Crippen molar-refractivity contribution in [2.45, 2.75) is 6.92 Å². The van der Waals surface area contributed by atoms with Gasteiger partial charge in [-0.25, -0.2) is 4.98 Å². The molecule has 0 spiro atoms. The number of hydrogen-bond acceptors (Lipinski definition) is 5. The van der Waals surface area contributed by atoms with Gasteiger partial charge < -0.3 is 20.1 Å². The molecule has 2 amide bonds. The number of carbonyl (C=O) groups is 2. The molecule has 0 atom stereocenters. The molecule has 1 heterocycles. The third-order valence-corrected chi connectivity index (χ3v) is 3.16. The monoisotopic (exact) mass is 329 g/mol. The molecule has 0 saturated heterocycles. The Hall–Kier alpha value is -3.09. The van der Waals surface area contributed by atoms with E-state index in [1.165, 1.54) is 0 Å². The minimum atomic E-state index is -0.763. The van der Waals surface area contributed by atoms with Gasteiger partial charge in [-0.2, -0.15) is 0 Å². The molecule has 7 nitrogen and oxygen atoms in total. The number of benzene rings is 1. The lowest BCUT2D eigenvalue weighted by Gasteiger charge is -2.09. The first-order chi connectivity index (χ1) is 11.6. The second-order valence-corrected chi connectivity index (χ2v) is 4.90. The van der Waals surface area contributed by atoms with Gasteiger partial charge in [0, 0.05) is 6.20 Å². The zero-order chi connectivity index (χ0) is 17.4. The zero-order valence-corrected chi connectivity index (χ0v) is 13.5. The molecule has 24 heavy (non-hydrogen) atoms. The van der Waals surface area contributed by atoms with Crippen molar-refractivity contribution in [3.63, 3.8) is 0 Å². The number of methoxy groups -OCH3 is 1. The fraction of sp³-hybridized carbons (Fsp3) is 0.235. The van der Waals surface area contributed by atoms with E-state index in [1.54, 1.807) is 56.6 Å². The Morgan fingerprint density at radius 3 is 2.46 bits per heavy atom. The normalized spacial score (nSPS) is 9.92. The lowest BCUT2D eigenvalue weighted by Crippen LogP contribution is -2.37. The first-order valence-electron chi connectivity index (χ1n) is 7.38. The number of pyridine rings is 1. The molecule has 0 unspecified atom stereocenters. The van der Waals surface area contributed by atoms with Crippen LogP contribution in [0.4, 0.5) is 5.82 Å². The van der Waals surface area contributed by atoms with Crippen LogP contribution in [0.25, 0.3) is 0 Å². The van der Waals surface area contributed by atoms with Crippen LogP contribution in [0.2, 0.25) is 0 Å². The Morgan fingerprint density at radius 2 is 1.79 bits per heavy atom. The van der Waals surface area contributed by atoms with Crippen molar-refractivity contribution < 1.29 is 19.1 Å². The van der Waals surface area contributed by atoms with Crippen molar-refractivity contribution in [3.8, 4) is 11.5 Å². The Kier molecular flexibility index (Phi) is 6.13. The number of aromatic nitrogens is 1. The van der Waals surface area contributed by atoms with Crippen LogP contribution in [0, 0.1) is 6.92 Å². The lowest BCUT2D eigenvalue weighted by atomic mass is 10.3. The average Bonchev–Trinajstić information content (AvgIpc) is 2.61. The molecule has 0 radical (unpaired) electrons. The largest absolute Gasteiger partial charge is 0.497 e. The SMILES string of the molecule is COc1ccc(OCCNC(=O)C(=O)Nc2ncccc2C)cc1. The number of hydrogen-bond donors (Lipinski definition) is 2. The molecule has 2 rings (SSSR count). The highest BCUT2D eigenvalue weighted by Gasteiger charge is 2.14. The summed E-state index contributed by atoms with van der Waals surface area (Å²) in [5, 5.41) is 4.95. The number of carbonyl (C=O) groups excluding carboxylic acids is 2. The molecule has 2 N–H and O–H groups in total. The summed E-state index contributed by atoms with van der Waals surface area (Å²) in [4.78, 5) is 27.5. The quantitative estimate of drug-likeness (QED) is 0.620. The van der Waals surface area contributed by atoms with Gasteiger partial charge in [-0.15, -0.1) is 0 Å². The van der Waals surface area contributed by atoms with Gasteiger partial charge in [0.25, 0.3) is 0 Å². The second-order valence-electron chi connectivity index (χ2n) is 4.90. The molecular formula is C17H19N3O4. The van der Waals surface area contributed by atoms with Gasteiger partial charge >= 0.3 is 11.8 Å². The predicted molar refractivity (Wildman–Crippen MR) is 89.1 cm³/mol. The van der Waals surface area contributed by atoms with Crippen LogP contribution in [0.1, 0.15) is 5.56 Å². The van der Waals surface area contributed by atoms with Gasteiger partial charge in [-0.1, -0.05) is 6.07 Å². The summed E-state index contributed by atoms with van der Waals surface area (Å²) in [7, 11) is 1.59. The topological polar surface area (TPSA) is 89.5 Å². The summed E-state index contributed by atoms with van der Waals surface area (Å²) in [6.07, 6.45) is 1.54. The highest BCUT2D eigenvalue weighted by atomic mass is 16.5. The molecule has 2 aromatic rings. The minimum absolute atomic E-state index is 0.208. The third-order valence-electron chi connectivity index (χ3n) is 3.16. The van der Waals surface area contributed by atoms with Crippen LogP contribution in [0.5, 0.6) is 11.5 Å². The molecule has 1 aromatic carbocycles. The third kappa shape index (κ3) is 4.98. The van der Waals surface area contributed by atoms with Crippen LogP contribution in [-0.2, 0) is 9.59 Å². The summed E-state index contributed by atoms with van der Waals surface area (Å²) in [5.41, 5.74) is 0.779. The number of nitrogens with one attached hydrogen (secondary N) is 2. The maximum atomic E-state index is 11.8. The van der Waals surface area contributed by atoms with Gasteiger partial charge in [0.05, 0.1) is 13.7 Å². The fourth-order valence-corrected chi connectivity index (χ4v) is 1.87. The predicted octanol–water partition coefficient (Wildman–Crippen LogP) is 1.53. The molecule has 126 valence electrons. The van der Waals surface area contributed by atoms with Crippen molar-refractivity contribution in [2.75, 3.05) is 25.6 Å². The first kappa shape index (κ1) is 17.3. The molecule has 0 aliphatic heterocycles. The number of ether oxygens (including phenoxy) is 2. The van der Waals surface area contributed by atoms with E-state index in [4.69, 9.17) is 9.47 Å². The molecular weight excluding hydrogens is 310 g/mol. The van der Waals surface area contributed by atoms with Crippen LogP contribution in [0.15, 0.2) is 42.6 Å². The fourth-order valence-electron chi connectivity index (χ4n) is 1.87. The van der Waals surface area contributed by atoms with E-state index in [2.05, 4.69) is 15.6 Å². The van der Waals surface area contributed by atoms with Gasteiger partial charge in [-0.05, 0) is 42.8 Å². The highest BCUT2D eigenvalue weighted by Crippen LogP contribution is 2.16. The van der Waals surface area contributed by atoms with E-state index in [9.17, 15) is 9.59 Å². The Balaban J connectivity index is 1.72. The summed E-state index contributed by atoms with van der Waals surface area (Å²) in [6.45, 7) is 2.25. The first-order valence-corrected chi connectivity index (χ1v) is 7.38. The molecule has 7 heteroatoms. The molecule has 1 aromatic heterocycles.